The van der Waals surface area contributed by atoms with E-state index in [1.807, 2.05) is 61.5 Å². The molecule has 2 aromatic carbocycles. The van der Waals surface area contributed by atoms with Crippen LogP contribution in [-0.4, -0.2) is 23.6 Å². The van der Waals surface area contributed by atoms with E-state index in [1.54, 1.807) is 16.7 Å². The number of nitrogens with one attached hydrogen (secondary N) is 1. The van der Waals surface area contributed by atoms with Crippen LogP contribution in [0.5, 0.6) is 0 Å². The molecular weight excluding hydrogens is 308 g/mol. The first-order valence-electron chi connectivity index (χ1n) is 7.51. The molecule has 0 unspecified atom stereocenters. The molecule has 0 radical (unpaired) electrons. The van der Waals surface area contributed by atoms with E-state index < -0.39 is 0 Å². The molecule has 0 aromatic heterocycles. The highest BCUT2D eigenvalue weighted by Crippen LogP contribution is 2.31. The number of benzene rings is 2. The number of amides is 2. The average Bonchev–Trinajstić information content (AvgIpc) is 2.59. The second-order valence-corrected chi connectivity index (χ2v) is 6.76. The standard InChI is InChI=1S/C18H18N2O2S/c1-13(23-12-14-7-3-2-4-8-14)18(22)20-11-17(21)19-15-9-5-6-10-16(15)20/h2-10,13H,11-12H2,1H3,(H,19,21)/t13-/m0/s1. The smallest absolute Gasteiger partial charge is 0.244 e. The minimum atomic E-state index is -0.214. The summed E-state index contributed by atoms with van der Waals surface area (Å²) in [6, 6.07) is 17.5. The SMILES string of the molecule is C[C@H](SCc1ccccc1)C(=O)N1CC(=O)Nc2ccccc21. The van der Waals surface area contributed by atoms with Gasteiger partial charge in [0.2, 0.25) is 11.8 Å². The molecule has 1 heterocycles. The predicted octanol–water partition coefficient (Wildman–Crippen LogP) is 3.29. The number of hydrogen-bond donors (Lipinski definition) is 1. The summed E-state index contributed by atoms with van der Waals surface area (Å²) in [7, 11) is 0. The van der Waals surface area contributed by atoms with E-state index >= 15 is 0 Å². The lowest BCUT2D eigenvalue weighted by atomic mass is 10.2. The van der Waals surface area contributed by atoms with Gasteiger partial charge in [0.25, 0.3) is 0 Å². The van der Waals surface area contributed by atoms with Crippen molar-refractivity contribution in [2.24, 2.45) is 0 Å². The van der Waals surface area contributed by atoms with Crippen molar-refractivity contribution in [1.82, 2.24) is 0 Å². The second kappa shape index (κ2) is 6.87. The van der Waals surface area contributed by atoms with Gasteiger partial charge in [-0.05, 0) is 24.6 Å². The van der Waals surface area contributed by atoms with E-state index in [9.17, 15) is 9.59 Å². The van der Waals surface area contributed by atoms with Crippen molar-refractivity contribution >= 4 is 35.0 Å². The minimum absolute atomic E-state index is 0.0340. The van der Waals surface area contributed by atoms with Crippen molar-refractivity contribution in [1.29, 1.82) is 0 Å². The van der Waals surface area contributed by atoms with Gasteiger partial charge in [-0.25, -0.2) is 0 Å². The van der Waals surface area contributed by atoms with Crippen LogP contribution in [0.3, 0.4) is 0 Å². The van der Waals surface area contributed by atoms with Gasteiger partial charge in [-0.3, -0.25) is 14.5 Å². The van der Waals surface area contributed by atoms with E-state index in [0.29, 0.717) is 5.69 Å². The Hall–Kier alpha value is -2.27. The van der Waals surface area contributed by atoms with Crippen molar-refractivity contribution in [2.75, 3.05) is 16.8 Å². The molecule has 3 rings (SSSR count). The lowest BCUT2D eigenvalue weighted by Crippen LogP contribution is -2.45. The molecule has 0 fully saturated rings. The number of carbonyl (C=O) groups is 2. The summed E-state index contributed by atoms with van der Waals surface area (Å²) >= 11 is 1.58. The number of rotatable bonds is 4. The van der Waals surface area contributed by atoms with Crippen molar-refractivity contribution in [3.05, 3.63) is 60.2 Å². The number of carbonyl (C=O) groups excluding carboxylic acids is 2. The minimum Gasteiger partial charge on any atom is -0.323 e. The zero-order valence-corrected chi connectivity index (χ0v) is 13.7. The van der Waals surface area contributed by atoms with Crippen LogP contribution in [-0.2, 0) is 15.3 Å². The van der Waals surface area contributed by atoms with Crippen LogP contribution in [0.25, 0.3) is 0 Å². The third-order valence-corrected chi connectivity index (χ3v) is 4.93. The highest BCUT2D eigenvalue weighted by atomic mass is 32.2. The Labute approximate surface area is 139 Å². The summed E-state index contributed by atoms with van der Waals surface area (Å²) < 4.78 is 0. The maximum Gasteiger partial charge on any atom is 0.244 e. The van der Waals surface area contributed by atoms with Crippen LogP contribution < -0.4 is 10.2 Å². The second-order valence-electron chi connectivity index (χ2n) is 5.43. The normalized spacial score (nSPS) is 14.8. The largest absolute Gasteiger partial charge is 0.323 e. The summed E-state index contributed by atoms with van der Waals surface area (Å²) in [5.74, 6) is 0.584. The molecular formula is C18H18N2O2S. The summed E-state index contributed by atoms with van der Waals surface area (Å²) in [5, 5.41) is 2.59. The van der Waals surface area contributed by atoms with Gasteiger partial charge in [-0.1, -0.05) is 42.5 Å². The van der Waals surface area contributed by atoms with Gasteiger partial charge < -0.3 is 5.32 Å². The summed E-state index contributed by atoms with van der Waals surface area (Å²) in [6.45, 7) is 1.97. The first kappa shape index (κ1) is 15.6. The van der Waals surface area contributed by atoms with E-state index in [2.05, 4.69) is 5.32 Å². The molecule has 23 heavy (non-hydrogen) atoms. The zero-order valence-electron chi connectivity index (χ0n) is 12.9. The molecule has 1 N–H and O–H groups in total. The lowest BCUT2D eigenvalue weighted by molar-refractivity contribution is -0.121. The molecule has 0 bridgehead atoms. The Bertz CT molecular complexity index is 718. The van der Waals surface area contributed by atoms with Gasteiger partial charge in [0.05, 0.1) is 16.6 Å². The summed E-state index contributed by atoms with van der Waals surface area (Å²) in [4.78, 5) is 26.2. The fraction of sp³-hybridized carbons (Fsp3) is 0.222. The highest BCUT2D eigenvalue weighted by molar-refractivity contribution is 7.99. The summed E-state index contributed by atoms with van der Waals surface area (Å²) in [5.41, 5.74) is 2.65. The van der Waals surface area contributed by atoms with Crippen LogP contribution in [0.4, 0.5) is 11.4 Å². The van der Waals surface area contributed by atoms with Crippen molar-refractivity contribution in [2.45, 2.75) is 17.9 Å². The van der Waals surface area contributed by atoms with E-state index in [4.69, 9.17) is 0 Å². The molecule has 1 aliphatic rings. The molecule has 0 saturated heterocycles. The predicted molar refractivity (Wildman–Crippen MR) is 94.6 cm³/mol. The Morgan fingerprint density at radius 3 is 2.65 bits per heavy atom. The zero-order chi connectivity index (χ0) is 16.2. The molecule has 0 spiro atoms. The molecule has 5 heteroatoms. The molecule has 118 valence electrons. The fourth-order valence-corrected chi connectivity index (χ4v) is 3.42. The lowest BCUT2D eigenvalue weighted by Gasteiger charge is -2.30. The van der Waals surface area contributed by atoms with E-state index in [0.717, 1.165) is 11.4 Å². The monoisotopic (exact) mass is 326 g/mol. The molecule has 1 atom stereocenters. The maximum absolute atomic E-state index is 12.8. The Kier molecular flexibility index (Phi) is 4.67. The summed E-state index contributed by atoms with van der Waals surface area (Å²) in [6.07, 6.45) is 0. The third kappa shape index (κ3) is 3.56. The van der Waals surface area contributed by atoms with Gasteiger partial charge in [-0.2, -0.15) is 0 Å². The Morgan fingerprint density at radius 1 is 1.17 bits per heavy atom. The molecule has 2 aromatic rings. The van der Waals surface area contributed by atoms with Crippen LogP contribution in [0.1, 0.15) is 12.5 Å². The highest BCUT2D eigenvalue weighted by Gasteiger charge is 2.29. The topological polar surface area (TPSA) is 49.4 Å². The van der Waals surface area contributed by atoms with E-state index in [1.165, 1.54) is 5.56 Å². The Balaban J connectivity index is 1.71. The van der Waals surface area contributed by atoms with Gasteiger partial charge in [0.1, 0.15) is 6.54 Å². The van der Waals surface area contributed by atoms with Crippen LogP contribution in [0, 0.1) is 0 Å². The molecule has 0 aliphatic carbocycles. The number of thioether (sulfide) groups is 1. The number of fused-ring (bicyclic) bond motifs is 1. The number of hydrogen-bond acceptors (Lipinski definition) is 3. The number of para-hydroxylation sites is 2. The number of anilines is 2. The van der Waals surface area contributed by atoms with Crippen LogP contribution in [0.2, 0.25) is 0 Å². The molecule has 1 aliphatic heterocycles. The number of nitrogens with zero attached hydrogens (tertiary/aromatic N) is 1. The van der Waals surface area contributed by atoms with Crippen LogP contribution >= 0.6 is 11.8 Å². The van der Waals surface area contributed by atoms with Gasteiger partial charge in [-0.15, -0.1) is 11.8 Å². The Morgan fingerprint density at radius 2 is 1.87 bits per heavy atom. The van der Waals surface area contributed by atoms with Crippen LogP contribution in [0.15, 0.2) is 54.6 Å². The van der Waals surface area contributed by atoms with Gasteiger partial charge >= 0.3 is 0 Å². The first-order valence-corrected chi connectivity index (χ1v) is 8.56. The van der Waals surface area contributed by atoms with Gasteiger partial charge in [0, 0.05) is 5.75 Å². The van der Waals surface area contributed by atoms with Gasteiger partial charge in [0.15, 0.2) is 0 Å². The molecule has 4 nitrogen and oxygen atoms in total. The fourth-order valence-electron chi connectivity index (χ4n) is 2.52. The molecule has 0 saturated carbocycles. The molecule has 2 amide bonds. The van der Waals surface area contributed by atoms with Crippen molar-refractivity contribution in [3.8, 4) is 0 Å². The maximum atomic E-state index is 12.8. The van der Waals surface area contributed by atoms with E-state index in [-0.39, 0.29) is 23.6 Å². The van der Waals surface area contributed by atoms with Crippen molar-refractivity contribution < 1.29 is 9.59 Å². The van der Waals surface area contributed by atoms with Crippen molar-refractivity contribution in [3.63, 3.8) is 0 Å². The quantitative estimate of drug-likeness (QED) is 0.938. The third-order valence-electron chi connectivity index (χ3n) is 3.73. The first-order chi connectivity index (χ1) is 11.1. The average molecular weight is 326 g/mol.